The van der Waals surface area contributed by atoms with Crippen LogP contribution in [0.1, 0.15) is 38.2 Å². The minimum atomic E-state index is 0.0872. The van der Waals surface area contributed by atoms with Crippen LogP contribution in [0.4, 0.5) is 0 Å². The van der Waals surface area contributed by atoms with Crippen LogP contribution in [0.5, 0.6) is 5.75 Å². The van der Waals surface area contributed by atoms with Crippen molar-refractivity contribution in [2.24, 2.45) is 0 Å². The smallest absolute Gasteiger partial charge is 0.260 e. The number of rotatable bonds is 4. The number of carbonyl (C=O) groups is 1. The van der Waals surface area contributed by atoms with E-state index in [1.807, 2.05) is 17.9 Å². The number of ether oxygens (including phenoxy) is 1. The third-order valence-electron chi connectivity index (χ3n) is 3.91. The summed E-state index contributed by atoms with van der Waals surface area (Å²) in [7, 11) is 0. The van der Waals surface area contributed by atoms with Crippen LogP contribution in [0.15, 0.2) is 18.2 Å². The molecular weight excluding hydrogens is 274 g/mol. The van der Waals surface area contributed by atoms with Gasteiger partial charge in [-0.05, 0) is 56.4 Å². The van der Waals surface area contributed by atoms with Crippen LogP contribution in [0.3, 0.4) is 0 Å². The Hall–Kier alpha value is -1.22. The molecule has 1 saturated heterocycles. The lowest BCUT2D eigenvalue weighted by molar-refractivity contribution is -0.137. The molecular formula is C16H22ClNO2. The standard InChI is InChI=1S/C16H22ClNO2/c1-3-13-6-4-5-9-18(13)16(19)11-20-14-7-8-15(17)12(2)10-14/h7-8,10,13H,3-6,9,11H2,1-2H3. The molecule has 0 aliphatic carbocycles. The van der Waals surface area contributed by atoms with Gasteiger partial charge < -0.3 is 9.64 Å². The molecule has 1 aromatic rings. The van der Waals surface area contributed by atoms with E-state index in [0.717, 1.165) is 31.4 Å². The van der Waals surface area contributed by atoms with Crippen LogP contribution in [0.25, 0.3) is 0 Å². The molecule has 0 spiro atoms. The van der Waals surface area contributed by atoms with Gasteiger partial charge in [0.2, 0.25) is 0 Å². The van der Waals surface area contributed by atoms with Crippen molar-refractivity contribution in [3.8, 4) is 5.75 Å². The van der Waals surface area contributed by atoms with Gasteiger partial charge >= 0.3 is 0 Å². The molecule has 1 aromatic carbocycles. The van der Waals surface area contributed by atoms with Crippen LogP contribution in [0, 0.1) is 6.92 Å². The number of hydrogen-bond acceptors (Lipinski definition) is 2. The first-order valence-electron chi connectivity index (χ1n) is 7.30. The number of piperidine rings is 1. The summed E-state index contributed by atoms with van der Waals surface area (Å²) < 4.78 is 5.60. The lowest BCUT2D eigenvalue weighted by Crippen LogP contribution is -2.45. The summed E-state index contributed by atoms with van der Waals surface area (Å²) in [4.78, 5) is 14.2. The zero-order chi connectivity index (χ0) is 14.5. The maximum atomic E-state index is 12.3. The van der Waals surface area contributed by atoms with Gasteiger partial charge in [-0.25, -0.2) is 0 Å². The highest BCUT2D eigenvalue weighted by Gasteiger charge is 2.25. The average molecular weight is 296 g/mol. The van der Waals surface area contributed by atoms with E-state index >= 15 is 0 Å². The Balaban J connectivity index is 1.92. The largest absolute Gasteiger partial charge is 0.484 e. The molecule has 1 fully saturated rings. The lowest BCUT2D eigenvalue weighted by atomic mass is 10.00. The Morgan fingerprint density at radius 2 is 2.25 bits per heavy atom. The van der Waals surface area contributed by atoms with Gasteiger partial charge in [0, 0.05) is 17.6 Å². The number of likely N-dealkylation sites (tertiary alicyclic amines) is 1. The van der Waals surface area contributed by atoms with Crippen molar-refractivity contribution in [2.45, 2.75) is 45.6 Å². The number of halogens is 1. The van der Waals surface area contributed by atoms with Gasteiger partial charge in [-0.2, -0.15) is 0 Å². The van der Waals surface area contributed by atoms with E-state index in [-0.39, 0.29) is 12.5 Å². The number of hydrogen-bond donors (Lipinski definition) is 0. The van der Waals surface area contributed by atoms with Crippen molar-refractivity contribution in [3.05, 3.63) is 28.8 Å². The molecule has 20 heavy (non-hydrogen) atoms. The van der Waals surface area contributed by atoms with E-state index in [1.165, 1.54) is 6.42 Å². The number of nitrogens with zero attached hydrogens (tertiary/aromatic N) is 1. The predicted molar refractivity (Wildman–Crippen MR) is 81.3 cm³/mol. The minimum absolute atomic E-state index is 0.0872. The molecule has 2 rings (SSSR count). The zero-order valence-corrected chi connectivity index (χ0v) is 12.9. The summed E-state index contributed by atoms with van der Waals surface area (Å²) in [5.74, 6) is 0.787. The summed E-state index contributed by atoms with van der Waals surface area (Å²) in [5.41, 5.74) is 0.959. The van der Waals surface area contributed by atoms with Gasteiger partial charge in [-0.15, -0.1) is 0 Å². The first kappa shape index (κ1) is 15.2. The normalized spacial score (nSPS) is 18.9. The molecule has 0 N–H and O–H groups in total. The Kier molecular flexibility index (Phi) is 5.30. The highest BCUT2D eigenvalue weighted by molar-refractivity contribution is 6.31. The fraction of sp³-hybridized carbons (Fsp3) is 0.562. The minimum Gasteiger partial charge on any atom is -0.484 e. The number of amides is 1. The second kappa shape index (κ2) is 6.98. The second-order valence-electron chi connectivity index (χ2n) is 5.34. The average Bonchev–Trinajstić information content (AvgIpc) is 2.48. The maximum Gasteiger partial charge on any atom is 0.260 e. The third-order valence-corrected chi connectivity index (χ3v) is 4.33. The highest BCUT2D eigenvalue weighted by Crippen LogP contribution is 2.22. The Labute approximate surface area is 125 Å². The Bertz CT molecular complexity index is 476. The van der Waals surface area contributed by atoms with Crippen LogP contribution in [0.2, 0.25) is 5.02 Å². The molecule has 1 aliphatic rings. The molecule has 1 amide bonds. The SMILES string of the molecule is CCC1CCCCN1C(=O)COc1ccc(Cl)c(C)c1. The van der Waals surface area contributed by atoms with E-state index < -0.39 is 0 Å². The van der Waals surface area contributed by atoms with E-state index in [0.29, 0.717) is 16.8 Å². The molecule has 110 valence electrons. The molecule has 1 atom stereocenters. The van der Waals surface area contributed by atoms with Crippen LogP contribution < -0.4 is 4.74 Å². The fourth-order valence-corrected chi connectivity index (χ4v) is 2.81. The first-order valence-corrected chi connectivity index (χ1v) is 7.68. The summed E-state index contributed by atoms with van der Waals surface area (Å²) in [6, 6.07) is 5.85. The summed E-state index contributed by atoms with van der Waals surface area (Å²) >= 11 is 5.97. The summed E-state index contributed by atoms with van der Waals surface area (Å²) in [6.45, 7) is 5.03. The maximum absolute atomic E-state index is 12.3. The summed E-state index contributed by atoms with van der Waals surface area (Å²) in [6.07, 6.45) is 4.45. The van der Waals surface area contributed by atoms with E-state index in [4.69, 9.17) is 16.3 Å². The molecule has 1 aliphatic heterocycles. The van der Waals surface area contributed by atoms with E-state index in [9.17, 15) is 4.79 Å². The van der Waals surface area contributed by atoms with Gasteiger partial charge in [0.25, 0.3) is 5.91 Å². The molecule has 0 radical (unpaired) electrons. The monoisotopic (exact) mass is 295 g/mol. The summed E-state index contributed by atoms with van der Waals surface area (Å²) in [5, 5.41) is 0.714. The molecule has 1 unspecified atom stereocenters. The van der Waals surface area contributed by atoms with Crippen molar-refractivity contribution in [1.82, 2.24) is 4.90 Å². The van der Waals surface area contributed by atoms with E-state index in [1.54, 1.807) is 12.1 Å². The molecule has 1 heterocycles. The highest BCUT2D eigenvalue weighted by atomic mass is 35.5. The van der Waals surface area contributed by atoms with Gasteiger partial charge in [0.05, 0.1) is 0 Å². The van der Waals surface area contributed by atoms with Gasteiger partial charge in [-0.3, -0.25) is 4.79 Å². The molecule has 0 saturated carbocycles. The Morgan fingerprint density at radius 1 is 1.45 bits per heavy atom. The topological polar surface area (TPSA) is 29.5 Å². The van der Waals surface area contributed by atoms with Crippen molar-refractivity contribution in [1.29, 1.82) is 0 Å². The van der Waals surface area contributed by atoms with Gasteiger partial charge in [0.1, 0.15) is 5.75 Å². The quantitative estimate of drug-likeness (QED) is 0.845. The molecule has 0 bridgehead atoms. The van der Waals surface area contributed by atoms with Gasteiger partial charge in [-0.1, -0.05) is 18.5 Å². The number of carbonyl (C=O) groups excluding carboxylic acids is 1. The van der Waals surface area contributed by atoms with E-state index in [2.05, 4.69) is 6.92 Å². The van der Waals surface area contributed by atoms with Crippen molar-refractivity contribution in [3.63, 3.8) is 0 Å². The predicted octanol–water partition coefficient (Wildman–Crippen LogP) is 3.82. The second-order valence-corrected chi connectivity index (χ2v) is 5.75. The third kappa shape index (κ3) is 3.66. The Morgan fingerprint density at radius 3 is 2.95 bits per heavy atom. The zero-order valence-electron chi connectivity index (χ0n) is 12.2. The first-order chi connectivity index (χ1) is 9.61. The molecule has 4 heteroatoms. The van der Waals surface area contributed by atoms with Crippen LogP contribution >= 0.6 is 11.6 Å². The van der Waals surface area contributed by atoms with Gasteiger partial charge in [0.15, 0.2) is 6.61 Å². The lowest BCUT2D eigenvalue weighted by Gasteiger charge is -2.35. The molecule has 3 nitrogen and oxygen atoms in total. The van der Waals surface area contributed by atoms with Crippen LogP contribution in [-0.4, -0.2) is 30.0 Å². The number of aryl methyl sites for hydroxylation is 1. The van der Waals surface area contributed by atoms with Crippen molar-refractivity contribution in [2.75, 3.05) is 13.2 Å². The van der Waals surface area contributed by atoms with Crippen molar-refractivity contribution >= 4 is 17.5 Å². The van der Waals surface area contributed by atoms with Crippen molar-refractivity contribution < 1.29 is 9.53 Å². The molecule has 0 aromatic heterocycles. The number of benzene rings is 1. The van der Waals surface area contributed by atoms with Crippen LogP contribution in [-0.2, 0) is 4.79 Å². The fourth-order valence-electron chi connectivity index (χ4n) is 2.69.